The minimum absolute atomic E-state index is 0.105. The molecule has 1 saturated heterocycles. The van der Waals surface area contributed by atoms with Crippen LogP contribution in [0.3, 0.4) is 0 Å². The Morgan fingerprint density at radius 1 is 1.38 bits per heavy atom. The van der Waals surface area contributed by atoms with Crippen molar-refractivity contribution in [1.82, 2.24) is 4.90 Å². The molecule has 0 radical (unpaired) electrons. The molecule has 1 atom stereocenters. The lowest BCUT2D eigenvalue weighted by Crippen LogP contribution is -2.42. The smallest absolute Gasteiger partial charge is 0.232 e. The first-order valence-electron chi connectivity index (χ1n) is 7.58. The third-order valence-electron chi connectivity index (χ3n) is 4.23. The van der Waals surface area contributed by atoms with Crippen LogP contribution in [0.5, 0.6) is 0 Å². The second-order valence-electron chi connectivity index (χ2n) is 6.20. The summed E-state index contributed by atoms with van der Waals surface area (Å²) in [5.41, 5.74) is 0.218. The van der Waals surface area contributed by atoms with Crippen LogP contribution in [0.4, 0.5) is 4.39 Å². The molecule has 1 amide bonds. The molecule has 2 rings (SSSR count). The first kappa shape index (κ1) is 16.0. The molecule has 0 spiro atoms. The van der Waals surface area contributed by atoms with Crippen LogP contribution in [0.1, 0.15) is 32.8 Å². The maximum Gasteiger partial charge on any atom is 0.232 e. The molecule has 1 aromatic rings. The van der Waals surface area contributed by atoms with Gasteiger partial charge in [-0.05, 0) is 44.9 Å². The van der Waals surface area contributed by atoms with Crippen molar-refractivity contribution >= 4 is 5.91 Å². The first-order valence-corrected chi connectivity index (χ1v) is 7.58. The van der Waals surface area contributed by atoms with E-state index in [0.717, 1.165) is 31.7 Å². The molecular formula is C17H24FNO2. The van der Waals surface area contributed by atoms with Gasteiger partial charge in [-0.1, -0.05) is 12.1 Å². The molecular weight excluding hydrogens is 269 g/mol. The van der Waals surface area contributed by atoms with Crippen LogP contribution in [0.2, 0.25) is 0 Å². The van der Waals surface area contributed by atoms with E-state index < -0.39 is 5.41 Å². The molecule has 1 aliphatic heterocycles. The van der Waals surface area contributed by atoms with Gasteiger partial charge in [-0.2, -0.15) is 0 Å². The lowest BCUT2D eigenvalue weighted by atomic mass is 9.83. The molecule has 1 unspecified atom stereocenters. The summed E-state index contributed by atoms with van der Waals surface area (Å²) in [6.07, 6.45) is 0.991. The van der Waals surface area contributed by atoms with Crippen molar-refractivity contribution in [1.29, 1.82) is 0 Å². The van der Waals surface area contributed by atoms with E-state index in [1.807, 2.05) is 25.7 Å². The molecule has 3 nitrogen and oxygen atoms in total. The molecule has 4 heteroatoms. The average molecular weight is 293 g/mol. The van der Waals surface area contributed by atoms with E-state index in [1.54, 1.807) is 12.1 Å². The van der Waals surface area contributed by atoms with Crippen LogP contribution in [-0.4, -0.2) is 37.1 Å². The SMILES string of the molecule is CCOCC1CCN(C(=O)C(C)(C)c2ccc(F)cc2)C1. The Morgan fingerprint density at radius 2 is 2.05 bits per heavy atom. The number of halogens is 1. The van der Waals surface area contributed by atoms with Gasteiger partial charge in [0.1, 0.15) is 5.82 Å². The number of amides is 1. The molecule has 0 bridgehead atoms. The summed E-state index contributed by atoms with van der Waals surface area (Å²) >= 11 is 0. The Kier molecular flexibility index (Phi) is 4.99. The summed E-state index contributed by atoms with van der Waals surface area (Å²) in [6.45, 7) is 8.75. The van der Waals surface area contributed by atoms with E-state index in [1.165, 1.54) is 12.1 Å². The minimum Gasteiger partial charge on any atom is -0.381 e. The Bertz CT molecular complexity index is 484. The highest BCUT2D eigenvalue weighted by molar-refractivity contribution is 5.87. The topological polar surface area (TPSA) is 29.5 Å². The zero-order valence-electron chi connectivity index (χ0n) is 13.1. The zero-order chi connectivity index (χ0) is 15.5. The van der Waals surface area contributed by atoms with Crippen LogP contribution in [-0.2, 0) is 14.9 Å². The number of ether oxygens (including phenoxy) is 1. The summed E-state index contributed by atoms with van der Waals surface area (Å²) in [6, 6.07) is 6.21. The van der Waals surface area contributed by atoms with Gasteiger partial charge in [0.05, 0.1) is 12.0 Å². The first-order chi connectivity index (χ1) is 9.95. The van der Waals surface area contributed by atoms with E-state index >= 15 is 0 Å². The monoisotopic (exact) mass is 293 g/mol. The van der Waals surface area contributed by atoms with E-state index in [4.69, 9.17) is 4.74 Å². The average Bonchev–Trinajstić information content (AvgIpc) is 2.93. The van der Waals surface area contributed by atoms with Crippen LogP contribution in [0.25, 0.3) is 0 Å². The molecule has 116 valence electrons. The van der Waals surface area contributed by atoms with Crippen molar-refractivity contribution in [3.8, 4) is 0 Å². The van der Waals surface area contributed by atoms with Gasteiger partial charge in [-0.3, -0.25) is 4.79 Å². The number of nitrogens with zero attached hydrogens (tertiary/aromatic N) is 1. The van der Waals surface area contributed by atoms with Crippen LogP contribution >= 0.6 is 0 Å². The fourth-order valence-electron chi connectivity index (χ4n) is 2.82. The molecule has 1 heterocycles. The number of benzene rings is 1. The molecule has 1 aromatic carbocycles. The summed E-state index contributed by atoms with van der Waals surface area (Å²) in [7, 11) is 0. The van der Waals surface area contributed by atoms with E-state index in [2.05, 4.69) is 0 Å². The number of hydrogen-bond acceptors (Lipinski definition) is 2. The molecule has 0 N–H and O–H groups in total. The lowest BCUT2D eigenvalue weighted by molar-refractivity contribution is -0.135. The Morgan fingerprint density at radius 3 is 2.67 bits per heavy atom. The highest BCUT2D eigenvalue weighted by Crippen LogP contribution is 2.29. The molecule has 0 aliphatic carbocycles. The molecule has 0 aromatic heterocycles. The largest absolute Gasteiger partial charge is 0.381 e. The fourth-order valence-corrected chi connectivity index (χ4v) is 2.82. The van der Waals surface area contributed by atoms with Crippen LogP contribution < -0.4 is 0 Å². The number of hydrogen-bond donors (Lipinski definition) is 0. The third kappa shape index (κ3) is 3.62. The quantitative estimate of drug-likeness (QED) is 0.835. The van der Waals surface area contributed by atoms with Crippen molar-refractivity contribution in [3.05, 3.63) is 35.6 Å². The van der Waals surface area contributed by atoms with Crippen LogP contribution in [0, 0.1) is 11.7 Å². The van der Waals surface area contributed by atoms with Crippen molar-refractivity contribution < 1.29 is 13.9 Å². The predicted molar refractivity (Wildman–Crippen MR) is 80.6 cm³/mol. The standard InChI is InChI=1S/C17H24FNO2/c1-4-21-12-13-9-10-19(11-13)16(20)17(2,3)14-5-7-15(18)8-6-14/h5-8,13H,4,9-12H2,1-3H3. The van der Waals surface area contributed by atoms with E-state index in [-0.39, 0.29) is 11.7 Å². The van der Waals surface area contributed by atoms with Gasteiger partial charge in [0, 0.05) is 25.6 Å². The van der Waals surface area contributed by atoms with Crippen LogP contribution in [0.15, 0.2) is 24.3 Å². The Hall–Kier alpha value is -1.42. The maximum absolute atomic E-state index is 13.0. The van der Waals surface area contributed by atoms with E-state index in [9.17, 15) is 9.18 Å². The highest BCUT2D eigenvalue weighted by atomic mass is 19.1. The van der Waals surface area contributed by atoms with Gasteiger partial charge < -0.3 is 9.64 Å². The Labute approximate surface area is 126 Å². The summed E-state index contributed by atoms with van der Waals surface area (Å²) in [4.78, 5) is 14.7. The fraction of sp³-hybridized carbons (Fsp3) is 0.588. The van der Waals surface area contributed by atoms with E-state index in [0.29, 0.717) is 12.5 Å². The molecule has 1 fully saturated rings. The van der Waals surface area contributed by atoms with Crippen molar-refractivity contribution in [2.45, 2.75) is 32.6 Å². The van der Waals surface area contributed by atoms with Gasteiger partial charge in [0.2, 0.25) is 5.91 Å². The summed E-state index contributed by atoms with van der Waals surface area (Å²) < 4.78 is 18.5. The minimum atomic E-state index is -0.631. The second-order valence-corrected chi connectivity index (χ2v) is 6.20. The summed E-state index contributed by atoms with van der Waals surface area (Å²) in [5.74, 6) is 0.256. The third-order valence-corrected chi connectivity index (χ3v) is 4.23. The molecule has 21 heavy (non-hydrogen) atoms. The normalized spacial score (nSPS) is 19.0. The van der Waals surface area contributed by atoms with Gasteiger partial charge >= 0.3 is 0 Å². The Balaban J connectivity index is 2.03. The number of rotatable bonds is 5. The molecule has 1 aliphatic rings. The van der Waals surface area contributed by atoms with Gasteiger partial charge in [0.25, 0.3) is 0 Å². The van der Waals surface area contributed by atoms with Crippen molar-refractivity contribution in [3.63, 3.8) is 0 Å². The molecule has 0 saturated carbocycles. The maximum atomic E-state index is 13.0. The van der Waals surface area contributed by atoms with Gasteiger partial charge in [0.15, 0.2) is 0 Å². The number of carbonyl (C=O) groups is 1. The highest BCUT2D eigenvalue weighted by Gasteiger charge is 2.37. The zero-order valence-corrected chi connectivity index (χ0v) is 13.1. The number of likely N-dealkylation sites (tertiary alicyclic amines) is 1. The number of carbonyl (C=O) groups excluding carboxylic acids is 1. The van der Waals surface area contributed by atoms with Gasteiger partial charge in [-0.25, -0.2) is 4.39 Å². The van der Waals surface area contributed by atoms with Gasteiger partial charge in [-0.15, -0.1) is 0 Å². The van der Waals surface area contributed by atoms with Crippen molar-refractivity contribution in [2.75, 3.05) is 26.3 Å². The lowest BCUT2D eigenvalue weighted by Gasteiger charge is -2.30. The summed E-state index contributed by atoms with van der Waals surface area (Å²) in [5, 5.41) is 0. The van der Waals surface area contributed by atoms with Crippen molar-refractivity contribution in [2.24, 2.45) is 5.92 Å². The predicted octanol–water partition coefficient (Wildman–Crippen LogP) is 2.99. The second kappa shape index (κ2) is 6.56.